The fourth-order valence-corrected chi connectivity index (χ4v) is 5.01. The van der Waals surface area contributed by atoms with E-state index in [9.17, 15) is 26.4 Å². The van der Waals surface area contributed by atoms with E-state index in [4.69, 9.17) is 0 Å². The Kier molecular flexibility index (Phi) is 5.75. The van der Waals surface area contributed by atoms with Crippen molar-refractivity contribution in [2.75, 3.05) is 5.32 Å². The van der Waals surface area contributed by atoms with Crippen molar-refractivity contribution in [3.8, 4) is 0 Å². The van der Waals surface area contributed by atoms with Gasteiger partial charge < -0.3 is 9.88 Å². The Morgan fingerprint density at radius 1 is 0.875 bits per heavy atom. The third kappa shape index (κ3) is 4.38. The molecule has 0 saturated carbocycles. The van der Waals surface area contributed by atoms with E-state index in [0.717, 1.165) is 12.1 Å². The quantitative estimate of drug-likeness (QED) is 0.457. The maximum absolute atomic E-state index is 14.0. The van der Waals surface area contributed by atoms with Gasteiger partial charge in [-0.05, 0) is 24.3 Å². The lowest BCUT2D eigenvalue weighted by molar-refractivity contribution is -0.116. The number of carbonyl (C=O) groups excluding carboxylic acids is 1. The number of fused-ring (bicyclic) bond motifs is 1. The number of anilines is 1. The Labute approximate surface area is 182 Å². The van der Waals surface area contributed by atoms with Gasteiger partial charge >= 0.3 is 0 Å². The number of benzene rings is 3. The number of hydrogen-bond donors (Lipinski definition) is 1. The molecule has 0 bridgehead atoms. The molecule has 4 rings (SSSR count). The lowest BCUT2D eigenvalue weighted by Gasteiger charge is -2.08. The number of sulfone groups is 1. The lowest BCUT2D eigenvalue weighted by Crippen LogP contribution is -2.18. The third-order valence-corrected chi connectivity index (χ3v) is 6.59. The zero-order chi connectivity index (χ0) is 22.9. The van der Waals surface area contributed by atoms with Gasteiger partial charge in [-0.15, -0.1) is 0 Å². The van der Waals surface area contributed by atoms with Crippen LogP contribution in [0.5, 0.6) is 0 Å². The van der Waals surface area contributed by atoms with E-state index in [-0.39, 0.29) is 22.7 Å². The average molecular weight is 458 g/mol. The normalized spacial score (nSPS) is 11.6. The highest BCUT2D eigenvalue weighted by atomic mass is 32.2. The number of nitrogens with one attached hydrogen (secondary N) is 1. The van der Waals surface area contributed by atoms with E-state index < -0.39 is 38.9 Å². The Morgan fingerprint density at radius 2 is 1.59 bits per heavy atom. The molecule has 0 spiro atoms. The summed E-state index contributed by atoms with van der Waals surface area (Å²) in [5.41, 5.74) is 0.596. The Hall–Kier alpha value is -3.59. The van der Waals surface area contributed by atoms with Gasteiger partial charge in [0.15, 0.2) is 21.5 Å². The number of carbonyl (C=O) groups is 1. The topological polar surface area (TPSA) is 68.2 Å². The van der Waals surface area contributed by atoms with Crippen molar-refractivity contribution in [1.82, 2.24) is 4.57 Å². The summed E-state index contributed by atoms with van der Waals surface area (Å²) in [4.78, 5) is 12.4. The molecule has 0 aliphatic heterocycles. The van der Waals surface area contributed by atoms with Crippen molar-refractivity contribution in [3.63, 3.8) is 0 Å². The molecule has 0 unspecified atom stereocenters. The number of amides is 1. The first-order valence-electron chi connectivity index (χ1n) is 9.53. The Morgan fingerprint density at radius 3 is 2.34 bits per heavy atom. The molecule has 0 radical (unpaired) electrons. The minimum Gasteiger partial charge on any atom is -0.337 e. The predicted molar refractivity (Wildman–Crippen MR) is 114 cm³/mol. The molecule has 0 atom stereocenters. The van der Waals surface area contributed by atoms with Gasteiger partial charge in [0.25, 0.3) is 0 Å². The molecule has 1 heterocycles. The van der Waals surface area contributed by atoms with E-state index in [1.165, 1.54) is 35.0 Å². The van der Waals surface area contributed by atoms with Crippen LogP contribution in [-0.2, 0) is 26.9 Å². The standard InChI is InChI=1S/C23H17F3N2O3S/c24-18-7-3-1-5-15(18)14-32(30,31)22-12-28(21-8-4-2-6-17(21)22)13-23(29)27-16-9-10-19(25)20(26)11-16/h1-12H,13-14H2,(H,27,29). The molecule has 0 saturated heterocycles. The number of para-hydroxylation sites is 1. The predicted octanol–water partition coefficient (Wildman–Crippen LogP) is 4.67. The molecule has 32 heavy (non-hydrogen) atoms. The lowest BCUT2D eigenvalue weighted by atomic mass is 10.2. The van der Waals surface area contributed by atoms with Gasteiger partial charge in [0.1, 0.15) is 12.4 Å². The van der Waals surface area contributed by atoms with Crippen LogP contribution < -0.4 is 5.32 Å². The number of aromatic nitrogens is 1. The van der Waals surface area contributed by atoms with Crippen LogP contribution in [-0.4, -0.2) is 18.9 Å². The molecule has 0 aliphatic carbocycles. The summed E-state index contributed by atoms with van der Waals surface area (Å²) in [6.07, 6.45) is 1.33. The summed E-state index contributed by atoms with van der Waals surface area (Å²) in [5.74, 6) is -3.85. The van der Waals surface area contributed by atoms with Gasteiger partial charge in [0.05, 0.1) is 10.6 Å². The molecule has 1 aromatic heterocycles. The molecule has 0 fully saturated rings. The highest BCUT2D eigenvalue weighted by Crippen LogP contribution is 2.28. The second-order valence-electron chi connectivity index (χ2n) is 7.17. The zero-order valence-corrected chi connectivity index (χ0v) is 17.4. The molecule has 1 N–H and O–H groups in total. The van der Waals surface area contributed by atoms with Gasteiger partial charge in [-0.1, -0.05) is 36.4 Å². The Balaban J connectivity index is 1.64. The van der Waals surface area contributed by atoms with Crippen molar-refractivity contribution in [2.45, 2.75) is 17.2 Å². The molecule has 164 valence electrons. The van der Waals surface area contributed by atoms with Crippen molar-refractivity contribution in [1.29, 1.82) is 0 Å². The molecule has 5 nitrogen and oxygen atoms in total. The van der Waals surface area contributed by atoms with Crippen LogP contribution >= 0.6 is 0 Å². The van der Waals surface area contributed by atoms with Gasteiger partial charge in [-0.2, -0.15) is 0 Å². The summed E-state index contributed by atoms with van der Waals surface area (Å²) in [5, 5.41) is 2.85. The minimum atomic E-state index is -3.93. The smallest absolute Gasteiger partial charge is 0.244 e. The van der Waals surface area contributed by atoms with Gasteiger partial charge in [-0.3, -0.25) is 4.79 Å². The average Bonchev–Trinajstić information content (AvgIpc) is 3.12. The number of halogens is 3. The van der Waals surface area contributed by atoms with Gasteiger partial charge in [0.2, 0.25) is 5.91 Å². The zero-order valence-electron chi connectivity index (χ0n) is 16.6. The van der Waals surface area contributed by atoms with Crippen LogP contribution in [0, 0.1) is 17.5 Å². The molecule has 4 aromatic rings. The van der Waals surface area contributed by atoms with E-state index in [1.54, 1.807) is 30.3 Å². The van der Waals surface area contributed by atoms with Crippen molar-refractivity contribution in [2.24, 2.45) is 0 Å². The fourth-order valence-electron chi connectivity index (χ4n) is 3.42. The number of nitrogens with zero attached hydrogens (tertiary/aromatic N) is 1. The van der Waals surface area contributed by atoms with Crippen LogP contribution in [0.4, 0.5) is 18.9 Å². The van der Waals surface area contributed by atoms with E-state index >= 15 is 0 Å². The molecule has 3 aromatic carbocycles. The largest absolute Gasteiger partial charge is 0.337 e. The first-order chi connectivity index (χ1) is 15.2. The SMILES string of the molecule is O=C(Cn1cc(S(=O)(=O)Cc2ccccc2F)c2ccccc21)Nc1ccc(F)c(F)c1. The molecular formula is C23H17F3N2O3S. The maximum Gasteiger partial charge on any atom is 0.244 e. The first kappa shape index (κ1) is 21.6. The number of hydrogen-bond acceptors (Lipinski definition) is 3. The summed E-state index contributed by atoms with van der Waals surface area (Å²) < 4.78 is 68.1. The van der Waals surface area contributed by atoms with Crippen molar-refractivity contribution in [3.05, 3.63) is 95.9 Å². The second-order valence-corrected chi connectivity index (χ2v) is 9.12. The molecule has 9 heteroatoms. The minimum absolute atomic E-state index is 0.0306. The van der Waals surface area contributed by atoms with Crippen molar-refractivity contribution < 1.29 is 26.4 Å². The van der Waals surface area contributed by atoms with Gasteiger partial charge in [0, 0.05) is 34.4 Å². The molecule has 1 amide bonds. The van der Waals surface area contributed by atoms with Crippen LogP contribution in [0.2, 0.25) is 0 Å². The summed E-state index contributed by atoms with van der Waals surface area (Å²) in [6, 6.07) is 15.2. The maximum atomic E-state index is 14.0. The van der Waals surface area contributed by atoms with E-state index in [1.807, 2.05) is 0 Å². The highest BCUT2D eigenvalue weighted by molar-refractivity contribution is 7.90. The monoisotopic (exact) mass is 458 g/mol. The van der Waals surface area contributed by atoms with Crippen LogP contribution in [0.15, 0.2) is 77.8 Å². The third-order valence-electron chi connectivity index (χ3n) is 4.91. The second kappa shape index (κ2) is 8.51. The van der Waals surface area contributed by atoms with E-state index in [2.05, 4.69) is 5.32 Å². The number of rotatable bonds is 6. The van der Waals surface area contributed by atoms with E-state index in [0.29, 0.717) is 10.9 Å². The highest BCUT2D eigenvalue weighted by Gasteiger charge is 2.23. The van der Waals surface area contributed by atoms with Crippen LogP contribution in [0.25, 0.3) is 10.9 Å². The van der Waals surface area contributed by atoms with Crippen molar-refractivity contribution >= 4 is 32.3 Å². The summed E-state index contributed by atoms with van der Waals surface area (Å²) >= 11 is 0. The summed E-state index contributed by atoms with van der Waals surface area (Å²) in [7, 11) is -3.93. The summed E-state index contributed by atoms with van der Waals surface area (Å²) in [6.45, 7) is -0.269. The molecule has 0 aliphatic rings. The first-order valence-corrected chi connectivity index (χ1v) is 11.2. The van der Waals surface area contributed by atoms with Crippen LogP contribution in [0.3, 0.4) is 0 Å². The Bertz CT molecular complexity index is 1430. The fraction of sp³-hybridized carbons (Fsp3) is 0.0870. The van der Waals surface area contributed by atoms with Crippen LogP contribution in [0.1, 0.15) is 5.56 Å². The van der Waals surface area contributed by atoms with Gasteiger partial charge in [-0.25, -0.2) is 21.6 Å². The molecular weight excluding hydrogens is 441 g/mol.